The van der Waals surface area contributed by atoms with E-state index in [2.05, 4.69) is 15.3 Å². The Morgan fingerprint density at radius 3 is 2.86 bits per heavy atom. The predicted molar refractivity (Wildman–Crippen MR) is 56.6 cm³/mol. The van der Waals surface area contributed by atoms with Crippen molar-refractivity contribution >= 4 is 0 Å². The van der Waals surface area contributed by atoms with Crippen LogP contribution in [0.5, 0.6) is 0 Å². The van der Waals surface area contributed by atoms with E-state index in [0.29, 0.717) is 5.92 Å². The van der Waals surface area contributed by atoms with Gasteiger partial charge >= 0.3 is 0 Å². The summed E-state index contributed by atoms with van der Waals surface area (Å²) in [5, 5.41) is 3.02. The van der Waals surface area contributed by atoms with E-state index in [-0.39, 0.29) is 5.56 Å². The molecule has 0 fully saturated rings. The Hall–Kier alpha value is -1.16. The summed E-state index contributed by atoms with van der Waals surface area (Å²) in [5.41, 5.74) is 0.801. The molecule has 4 heteroatoms. The molecule has 0 unspecified atom stereocenters. The summed E-state index contributed by atoms with van der Waals surface area (Å²) in [5.74, 6) is 1.06. The Morgan fingerprint density at radius 1 is 1.57 bits per heavy atom. The Bertz CT molecular complexity index is 343. The molecule has 0 aliphatic rings. The van der Waals surface area contributed by atoms with E-state index in [4.69, 9.17) is 0 Å². The van der Waals surface area contributed by atoms with Gasteiger partial charge in [0.15, 0.2) is 0 Å². The van der Waals surface area contributed by atoms with Crippen LogP contribution >= 0.6 is 0 Å². The number of rotatable bonds is 4. The molecule has 0 saturated heterocycles. The van der Waals surface area contributed by atoms with Crippen LogP contribution in [0.15, 0.2) is 10.9 Å². The van der Waals surface area contributed by atoms with Gasteiger partial charge in [0.1, 0.15) is 5.82 Å². The van der Waals surface area contributed by atoms with Gasteiger partial charge in [-0.05, 0) is 13.0 Å². The number of hydrogen-bond donors (Lipinski definition) is 2. The molecule has 78 valence electrons. The highest BCUT2D eigenvalue weighted by Gasteiger charge is 2.04. The first-order chi connectivity index (χ1) is 6.63. The van der Waals surface area contributed by atoms with Gasteiger partial charge in [0.25, 0.3) is 5.56 Å². The van der Waals surface area contributed by atoms with Crippen molar-refractivity contribution in [3.05, 3.63) is 27.9 Å². The summed E-state index contributed by atoms with van der Waals surface area (Å²) >= 11 is 0. The third-order valence-corrected chi connectivity index (χ3v) is 2.01. The molecule has 0 spiro atoms. The average Bonchev–Trinajstić information content (AvgIpc) is 2.14. The number of aromatic amines is 1. The highest BCUT2D eigenvalue weighted by molar-refractivity contribution is 5.07. The van der Waals surface area contributed by atoms with Crippen molar-refractivity contribution in [3.8, 4) is 0 Å². The van der Waals surface area contributed by atoms with Gasteiger partial charge in [-0.1, -0.05) is 13.8 Å². The number of likely N-dealkylation sites (N-methyl/N-ethyl adjacent to an activating group) is 1. The van der Waals surface area contributed by atoms with E-state index in [1.165, 1.54) is 0 Å². The number of H-pyrrole nitrogens is 1. The SMILES string of the molecule is CNCCc1nc(C(C)C)cc(=O)[nH]1. The summed E-state index contributed by atoms with van der Waals surface area (Å²) in [7, 11) is 1.88. The number of nitrogens with one attached hydrogen (secondary N) is 2. The molecule has 1 aromatic rings. The quantitative estimate of drug-likeness (QED) is 0.742. The van der Waals surface area contributed by atoms with Crippen LogP contribution in [0.3, 0.4) is 0 Å². The van der Waals surface area contributed by atoms with Crippen LogP contribution in [0.1, 0.15) is 31.3 Å². The fourth-order valence-electron chi connectivity index (χ4n) is 1.19. The minimum absolute atomic E-state index is 0.0604. The van der Waals surface area contributed by atoms with E-state index >= 15 is 0 Å². The smallest absolute Gasteiger partial charge is 0.251 e. The monoisotopic (exact) mass is 195 g/mol. The van der Waals surface area contributed by atoms with Crippen LogP contribution in [-0.4, -0.2) is 23.6 Å². The summed E-state index contributed by atoms with van der Waals surface area (Å²) < 4.78 is 0. The van der Waals surface area contributed by atoms with Gasteiger partial charge in [-0.15, -0.1) is 0 Å². The molecule has 0 aliphatic carbocycles. The summed E-state index contributed by atoms with van der Waals surface area (Å²) in [4.78, 5) is 18.4. The van der Waals surface area contributed by atoms with Crippen molar-refractivity contribution < 1.29 is 0 Å². The second kappa shape index (κ2) is 4.91. The van der Waals surface area contributed by atoms with E-state index in [1.54, 1.807) is 6.07 Å². The Labute approximate surface area is 83.8 Å². The Kier molecular flexibility index (Phi) is 3.83. The first-order valence-corrected chi connectivity index (χ1v) is 4.88. The van der Waals surface area contributed by atoms with Gasteiger partial charge in [-0.25, -0.2) is 4.98 Å². The van der Waals surface area contributed by atoms with Gasteiger partial charge in [0.2, 0.25) is 0 Å². The van der Waals surface area contributed by atoms with Crippen LogP contribution in [0, 0.1) is 0 Å². The highest BCUT2D eigenvalue weighted by Crippen LogP contribution is 2.08. The molecule has 2 N–H and O–H groups in total. The van der Waals surface area contributed by atoms with Crippen molar-refractivity contribution in [1.29, 1.82) is 0 Å². The van der Waals surface area contributed by atoms with Crippen LogP contribution < -0.4 is 10.9 Å². The zero-order valence-corrected chi connectivity index (χ0v) is 8.92. The largest absolute Gasteiger partial charge is 0.319 e. The second-order valence-electron chi connectivity index (χ2n) is 3.63. The number of nitrogens with zero attached hydrogens (tertiary/aromatic N) is 1. The molecule has 0 amide bonds. The van der Waals surface area contributed by atoms with Crippen LogP contribution in [0.4, 0.5) is 0 Å². The van der Waals surface area contributed by atoms with Crippen molar-refractivity contribution in [2.75, 3.05) is 13.6 Å². The molecule has 0 saturated carbocycles. The molecule has 1 aromatic heterocycles. The summed E-state index contributed by atoms with van der Waals surface area (Å²) in [6.45, 7) is 4.89. The Morgan fingerprint density at radius 2 is 2.29 bits per heavy atom. The maximum Gasteiger partial charge on any atom is 0.251 e. The zero-order valence-electron chi connectivity index (χ0n) is 8.92. The maximum absolute atomic E-state index is 11.3. The van der Waals surface area contributed by atoms with E-state index < -0.39 is 0 Å². The minimum atomic E-state index is -0.0604. The molecule has 0 radical (unpaired) electrons. The fraction of sp³-hybridized carbons (Fsp3) is 0.600. The normalized spacial score (nSPS) is 10.9. The first-order valence-electron chi connectivity index (χ1n) is 4.88. The van der Waals surface area contributed by atoms with Gasteiger partial charge in [-0.2, -0.15) is 0 Å². The van der Waals surface area contributed by atoms with Crippen molar-refractivity contribution in [2.45, 2.75) is 26.2 Å². The molecule has 0 aliphatic heterocycles. The maximum atomic E-state index is 11.3. The first kappa shape index (κ1) is 10.9. The third kappa shape index (κ3) is 2.96. The molecule has 1 heterocycles. The van der Waals surface area contributed by atoms with Gasteiger partial charge in [0.05, 0.1) is 5.69 Å². The molecule has 0 bridgehead atoms. The van der Waals surface area contributed by atoms with Crippen molar-refractivity contribution in [3.63, 3.8) is 0 Å². The second-order valence-corrected chi connectivity index (χ2v) is 3.63. The predicted octanol–water partition coefficient (Wildman–Crippen LogP) is 0.655. The van der Waals surface area contributed by atoms with E-state index in [1.807, 2.05) is 20.9 Å². The highest BCUT2D eigenvalue weighted by atomic mass is 16.1. The zero-order chi connectivity index (χ0) is 10.6. The van der Waals surface area contributed by atoms with Gasteiger partial charge < -0.3 is 10.3 Å². The van der Waals surface area contributed by atoms with Gasteiger partial charge in [0, 0.05) is 19.0 Å². The summed E-state index contributed by atoms with van der Waals surface area (Å²) in [6, 6.07) is 1.56. The molecule has 14 heavy (non-hydrogen) atoms. The molecule has 1 rings (SSSR count). The Balaban J connectivity index is 2.90. The molecule has 0 atom stereocenters. The molecule has 0 aromatic carbocycles. The summed E-state index contributed by atoms with van der Waals surface area (Å²) in [6.07, 6.45) is 0.756. The topological polar surface area (TPSA) is 57.8 Å². The van der Waals surface area contributed by atoms with E-state index in [9.17, 15) is 4.79 Å². The lowest BCUT2D eigenvalue weighted by Gasteiger charge is -2.06. The third-order valence-electron chi connectivity index (χ3n) is 2.01. The van der Waals surface area contributed by atoms with Crippen LogP contribution in [0.25, 0.3) is 0 Å². The van der Waals surface area contributed by atoms with Crippen molar-refractivity contribution in [1.82, 2.24) is 15.3 Å². The molecular formula is C10H17N3O. The number of aromatic nitrogens is 2. The fourth-order valence-corrected chi connectivity index (χ4v) is 1.19. The lowest BCUT2D eigenvalue weighted by atomic mass is 10.1. The van der Waals surface area contributed by atoms with E-state index in [0.717, 1.165) is 24.5 Å². The van der Waals surface area contributed by atoms with Crippen LogP contribution in [-0.2, 0) is 6.42 Å². The average molecular weight is 195 g/mol. The standard InChI is InChI=1S/C10H17N3O/c1-7(2)8-6-10(14)13-9(12-8)4-5-11-3/h6-7,11H,4-5H2,1-3H3,(H,12,13,14). The molecular weight excluding hydrogens is 178 g/mol. The van der Waals surface area contributed by atoms with Crippen LogP contribution in [0.2, 0.25) is 0 Å². The lowest BCUT2D eigenvalue weighted by Crippen LogP contribution is -2.18. The molecule has 4 nitrogen and oxygen atoms in total. The number of hydrogen-bond acceptors (Lipinski definition) is 3. The van der Waals surface area contributed by atoms with Crippen molar-refractivity contribution in [2.24, 2.45) is 0 Å². The minimum Gasteiger partial charge on any atom is -0.319 e. The lowest BCUT2D eigenvalue weighted by molar-refractivity contribution is 0.725. The van der Waals surface area contributed by atoms with Gasteiger partial charge in [-0.3, -0.25) is 4.79 Å².